The number of nitrogens with zero attached hydrogens (tertiary/aromatic N) is 4. The van der Waals surface area contributed by atoms with Gasteiger partial charge in [-0.15, -0.1) is 5.10 Å². The van der Waals surface area contributed by atoms with Gasteiger partial charge in [0.05, 0.1) is 18.8 Å². The van der Waals surface area contributed by atoms with Crippen LogP contribution in [0.15, 0.2) is 60.8 Å². The molecule has 0 N–H and O–H groups in total. The Labute approximate surface area is 171 Å². The number of benzene rings is 2. The summed E-state index contributed by atoms with van der Waals surface area (Å²) in [5, 5.41) is 8.61. The van der Waals surface area contributed by atoms with Crippen molar-refractivity contribution in [2.24, 2.45) is 0 Å². The number of aromatic nitrogens is 3. The fourth-order valence-corrected chi connectivity index (χ4v) is 3.79. The summed E-state index contributed by atoms with van der Waals surface area (Å²) in [6.45, 7) is 4.04. The van der Waals surface area contributed by atoms with Crippen LogP contribution >= 0.6 is 0 Å². The van der Waals surface area contributed by atoms with Gasteiger partial charge in [-0.05, 0) is 31.4 Å². The second-order valence-electron chi connectivity index (χ2n) is 7.27. The molecule has 0 saturated carbocycles. The minimum absolute atomic E-state index is 0.180. The van der Waals surface area contributed by atoms with Crippen molar-refractivity contribution in [3.05, 3.63) is 66.4 Å². The van der Waals surface area contributed by atoms with Crippen molar-refractivity contribution in [2.45, 2.75) is 32.2 Å². The minimum atomic E-state index is 0.180. The maximum atomic E-state index is 12.7. The van der Waals surface area contributed by atoms with E-state index in [0.29, 0.717) is 26.0 Å². The first kappa shape index (κ1) is 19.2. The highest BCUT2D eigenvalue weighted by atomic mass is 16.5. The van der Waals surface area contributed by atoms with Crippen LogP contribution in [0.2, 0.25) is 0 Å². The second-order valence-corrected chi connectivity index (χ2v) is 7.27. The van der Waals surface area contributed by atoms with E-state index in [4.69, 9.17) is 4.74 Å². The van der Waals surface area contributed by atoms with E-state index in [1.807, 2.05) is 77.3 Å². The van der Waals surface area contributed by atoms with Crippen molar-refractivity contribution in [3.63, 3.8) is 0 Å². The Bertz CT molecular complexity index is 954. The number of hydrogen-bond acceptors (Lipinski definition) is 4. The first-order valence-corrected chi connectivity index (χ1v) is 10.2. The van der Waals surface area contributed by atoms with Crippen molar-refractivity contribution < 1.29 is 9.53 Å². The Hall–Kier alpha value is -3.15. The van der Waals surface area contributed by atoms with Gasteiger partial charge in [0.15, 0.2) is 0 Å². The summed E-state index contributed by atoms with van der Waals surface area (Å²) in [6, 6.07) is 18.2. The van der Waals surface area contributed by atoms with Crippen LogP contribution in [0.25, 0.3) is 11.3 Å². The van der Waals surface area contributed by atoms with E-state index in [-0.39, 0.29) is 11.9 Å². The molecular weight excluding hydrogens is 364 g/mol. The van der Waals surface area contributed by atoms with Crippen molar-refractivity contribution in [3.8, 4) is 17.0 Å². The van der Waals surface area contributed by atoms with E-state index in [1.165, 1.54) is 0 Å². The predicted octanol–water partition coefficient (Wildman–Crippen LogP) is 3.75. The molecule has 0 radical (unpaired) electrons. The van der Waals surface area contributed by atoms with E-state index in [9.17, 15) is 4.79 Å². The highest BCUT2D eigenvalue weighted by Gasteiger charge is 2.28. The molecule has 1 aliphatic heterocycles. The van der Waals surface area contributed by atoms with Crippen LogP contribution in [0.4, 0.5) is 0 Å². The van der Waals surface area contributed by atoms with Gasteiger partial charge in [0, 0.05) is 25.1 Å². The molecule has 0 aliphatic carbocycles. The number of hydrogen-bond donors (Lipinski definition) is 0. The van der Waals surface area contributed by atoms with Gasteiger partial charge < -0.3 is 9.64 Å². The molecule has 150 valence electrons. The highest BCUT2D eigenvalue weighted by molar-refractivity contribution is 5.77. The molecule has 1 aromatic heterocycles. The van der Waals surface area contributed by atoms with Crippen molar-refractivity contribution >= 4 is 5.91 Å². The average Bonchev–Trinajstić information content (AvgIpc) is 3.44. The fourth-order valence-electron chi connectivity index (χ4n) is 3.79. The number of aryl methyl sites for hydroxylation is 1. The van der Waals surface area contributed by atoms with E-state index >= 15 is 0 Å². The van der Waals surface area contributed by atoms with Crippen LogP contribution in [0, 0.1) is 0 Å². The fraction of sp³-hybridized carbons (Fsp3) is 0.348. The molecule has 2 aromatic carbocycles. The Kier molecular flexibility index (Phi) is 5.89. The molecule has 1 aliphatic rings. The van der Waals surface area contributed by atoms with Crippen LogP contribution in [0.3, 0.4) is 0 Å². The second kappa shape index (κ2) is 8.90. The molecule has 1 fully saturated rings. The topological polar surface area (TPSA) is 60.2 Å². The Morgan fingerprint density at radius 3 is 2.76 bits per heavy atom. The molecule has 3 aromatic rings. The lowest BCUT2D eigenvalue weighted by Gasteiger charge is -2.17. The maximum absolute atomic E-state index is 12.7. The van der Waals surface area contributed by atoms with Gasteiger partial charge in [0.1, 0.15) is 11.4 Å². The maximum Gasteiger partial charge on any atom is 0.222 e. The smallest absolute Gasteiger partial charge is 0.222 e. The lowest BCUT2D eigenvalue weighted by atomic mass is 10.1. The van der Waals surface area contributed by atoms with Crippen LogP contribution in [0.5, 0.6) is 5.75 Å². The molecule has 1 saturated heterocycles. The zero-order chi connectivity index (χ0) is 20.1. The third-order valence-corrected chi connectivity index (χ3v) is 5.35. The van der Waals surface area contributed by atoms with Crippen molar-refractivity contribution in [1.29, 1.82) is 0 Å². The molecule has 0 unspecified atom stereocenters. The zero-order valence-electron chi connectivity index (χ0n) is 16.7. The summed E-state index contributed by atoms with van der Waals surface area (Å²) in [6.07, 6.45) is 4.06. The molecule has 1 amide bonds. The monoisotopic (exact) mass is 390 g/mol. The number of amides is 1. The first-order valence-electron chi connectivity index (χ1n) is 10.2. The normalized spacial score (nSPS) is 16.2. The summed E-state index contributed by atoms with van der Waals surface area (Å²) in [5.74, 6) is 1.06. The lowest BCUT2D eigenvalue weighted by molar-refractivity contribution is -0.130. The summed E-state index contributed by atoms with van der Waals surface area (Å²) in [5.41, 5.74) is 3.00. The molecule has 0 spiro atoms. The van der Waals surface area contributed by atoms with Gasteiger partial charge in [-0.2, -0.15) is 0 Å². The molecule has 0 bridgehead atoms. The molecule has 1 atom stereocenters. The highest BCUT2D eigenvalue weighted by Crippen LogP contribution is 2.25. The Balaban J connectivity index is 1.34. The Morgan fingerprint density at radius 1 is 1.14 bits per heavy atom. The number of para-hydroxylation sites is 1. The SMILES string of the molecule is CCOc1ccccc1CCC(=O)N1CC[C@H](n2cc(-c3ccccc3)nn2)C1. The van der Waals surface area contributed by atoms with E-state index in [2.05, 4.69) is 10.3 Å². The molecule has 6 nitrogen and oxygen atoms in total. The third kappa shape index (κ3) is 4.47. The van der Waals surface area contributed by atoms with E-state index < -0.39 is 0 Å². The molecular formula is C23H26N4O2. The van der Waals surface area contributed by atoms with Gasteiger partial charge in [0.2, 0.25) is 5.91 Å². The van der Waals surface area contributed by atoms with Crippen LogP contribution in [0.1, 0.15) is 31.4 Å². The van der Waals surface area contributed by atoms with E-state index in [1.54, 1.807) is 0 Å². The molecule has 29 heavy (non-hydrogen) atoms. The zero-order valence-corrected chi connectivity index (χ0v) is 16.7. The van der Waals surface area contributed by atoms with Crippen LogP contribution in [-0.4, -0.2) is 45.5 Å². The van der Waals surface area contributed by atoms with Crippen LogP contribution < -0.4 is 4.74 Å². The van der Waals surface area contributed by atoms with Crippen LogP contribution in [-0.2, 0) is 11.2 Å². The standard InChI is InChI=1S/C23H26N4O2/c1-2-29-22-11-7-6-10-19(22)12-13-23(28)26-15-14-20(16-26)27-17-21(24-25-27)18-8-4-3-5-9-18/h3-11,17,20H,2,12-16H2,1H3/t20-/m0/s1. The largest absolute Gasteiger partial charge is 0.494 e. The van der Waals surface area contributed by atoms with E-state index in [0.717, 1.165) is 35.5 Å². The van der Waals surface area contributed by atoms with Gasteiger partial charge in [-0.3, -0.25) is 4.79 Å². The average molecular weight is 390 g/mol. The number of carbonyl (C=O) groups is 1. The summed E-state index contributed by atoms with van der Waals surface area (Å²) in [7, 11) is 0. The molecule has 4 rings (SSSR count). The van der Waals surface area contributed by atoms with Gasteiger partial charge in [0.25, 0.3) is 0 Å². The minimum Gasteiger partial charge on any atom is -0.494 e. The Morgan fingerprint density at radius 2 is 1.93 bits per heavy atom. The lowest BCUT2D eigenvalue weighted by Crippen LogP contribution is -2.29. The first-order chi connectivity index (χ1) is 14.2. The summed E-state index contributed by atoms with van der Waals surface area (Å²) >= 11 is 0. The van der Waals surface area contributed by atoms with Crippen molar-refractivity contribution in [1.82, 2.24) is 19.9 Å². The third-order valence-electron chi connectivity index (χ3n) is 5.35. The number of rotatable bonds is 7. The molecule has 2 heterocycles. The van der Waals surface area contributed by atoms with Gasteiger partial charge >= 0.3 is 0 Å². The van der Waals surface area contributed by atoms with Gasteiger partial charge in [-0.1, -0.05) is 53.7 Å². The number of ether oxygens (including phenoxy) is 1. The quantitative estimate of drug-likeness (QED) is 0.616. The predicted molar refractivity (Wildman–Crippen MR) is 112 cm³/mol. The number of likely N-dealkylation sites (tertiary alicyclic amines) is 1. The van der Waals surface area contributed by atoms with Crippen molar-refractivity contribution in [2.75, 3.05) is 19.7 Å². The van der Waals surface area contributed by atoms with Gasteiger partial charge in [-0.25, -0.2) is 4.68 Å². The summed E-state index contributed by atoms with van der Waals surface area (Å²) in [4.78, 5) is 14.7. The summed E-state index contributed by atoms with van der Waals surface area (Å²) < 4.78 is 7.57. The number of carbonyl (C=O) groups excluding carboxylic acids is 1. The molecule has 6 heteroatoms.